The van der Waals surface area contributed by atoms with E-state index in [2.05, 4.69) is 10.1 Å². The fourth-order valence-corrected chi connectivity index (χ4v) is 1.95. The van der Waals surface area contributed by atoms with E-state index in [4.69, 9.17) is 5.73 Å². The van der Waals surface area contributed by atoms with Gasteiger partial charge in [0.2, 0.25) is 0 Å². The molecule has 0 atom stereocenters. The van der Waals surface area contributed by atoms with E-state index >= 15 is 0 Å². The quantitative estimate of drug-likeness (QED) is 0.539. The van der Waals surface area contributed by atoms with Crippen molar-refractivity contribution < 1.29 is 14.3 Å². The number of rotatable bonds is 9. The van der Waals surface area contributed by atoms with Crippen molar-refractivity contribution in [3.05, 3.63) is 35.4 Å². The SMILES string of the molecule is COC(=O)CCCCCCNC(=O)c1ccc(CN)cc1.Cl. The van der Waals surface area contributed by atoms with E-state index in [9.17, 15) is 9.59 Å². The molecule has 0 aliphatic heterocycles. The third-order valence-electron chi connectivity index (χ3n) is 3.27. The minimum atomic E-state index is -0.163. The molecule has 1 rings (SSSR count). The molecule has 0 aliphatic carbocycles. The van der Waals surface area contributed by atoms with Gasteiger partial charge in [0, 0.05) is 25.1 Å². The van der Waals surface area contributed by atoms with Crippen LogP contribution in [0.25, 0.3) is 0 Å². The second-order valence-electron chi connectivity index (χ2n) is 4.90. The number of hydrogen-bond acceptors (Lipinski definition) is 4. The van der Waals surface area contributed by atoms with E-state index in [-0.39, 0.29) is 24.3 Å². The first-order valence-electron chi connectivity index (χ1n) is 7.31. The molecule has 0 saturated heterocycles. The van der Waals surface area contributed by atoms with Gasteiger partial charge in [-0.05, 0) is 30.5 Å². The highest BCUT2D eigenvalue weighted by atomic mass is 35.5. The third-order valence-corrected chi connectivity index (χ3v) is 3.27. The standard InChI is InChI=1S/C16H24N2O3.ClH/c1-21-15(19)6-4-2-3-5-11-18-16(20)14-9-7-13(12-17)8-10-14;/h7-10H,2-6,11-12,17H2,1H3,(H,18,20);1H. The zero-order valence-corrected chi connectivity index (χ0v) is 13.8. The van der Waals surface area contributed by atoms with E-state index < -0.39 is 0 Å². The van der Waals surface area contributed by atoms with Gasteiger partial charge in [-0.3, -0.25) is 9.59 Å². The lowest BCUT2D eigenvalue weighted by molar-refractivity contribution is -0.140. The number of nitrogens with two attached hydrogens (primary N) is 1. The van der Waals surface area contributed by atoms with Gasteiger partial charge >= 0.3 is 5.97 Å². The van der Waals surface area contributed by atoms with Crippen molar-refractivity contribution in [1.29, 1.82) is 0 Å². The molecule has 0 fully saturated rings. The molecule has 0 saturated carbocycles. The first-order chi connectivity index (χ1) is 10.2. The molecule has 1 aromatic rings. The van der Waals surface area contributed by atoms with Gasteiger partial charge in [0.1, 0.15) is 0 Å². The highest BCUT2D eigenvalue weighted by Crippen LogP contribution is 2.05. The van der Waals surface area contributed by atoms with Crippen LogP contribution in [0.1, 0.15) is 48.0 Å². The molecule has 0 spiro atoms. The zero-order valence-electron chi connectivity index (χ0n) is 13.0. The van der Waals surface area contributed by atoms with Crippen LogP contribution < -0.4 is 11.1 Å². The molecule has 1 amide bonds. The van der Waals surface area contributed by atoms with Crippen molar-refractivity contribution in [3.63, 3.8) is 0 Å². The van der Waals surface area contributed by atoms with Crippen LogP contribution >= 0.6 is 12.4 Å². The number of halogens is 1. The second kappa shape index (κ2) is 12.0. The van der Waals surface area contributed by atoms with Gasteiger partial charge in [0.05, 0.1) is 7.11 Å². The molecule has 0 radical (unpaired) electrons. The van der Waals surface area contributed by atoms with Gasteiger partial charge in [-0.2, -0.15) is 0 Å². The van der Waals surface area contributed by atoms with Crippen LogP contribution in [0.2, 0.25) is 0 Å². The molecule has 0 heterocycles. The number of methoxy groups -OCH3 is 1. The predicted octanol–water partition coefficient (Wildman–Crippen LogP) is 2.42. The molecule has 22 heavy (non-hydrogen) atoms. The Balaban J connectivity index is 0.00000441. The normalized spacial score (nSPS) is 9.73. The average Bonchev–Trinajstić information content (AvgIpc) is 2.53. The molecule has 0 aromatic heterocycles. The highest BCUT2D eigenvalue weighted by Gasteiger charge is 2.04. The largest absolute Gasteiger partial charge is 0.469 e. The van der Waals surface area contributed by atoms with E-state index in [1.54, 1.807) is 12.1 Å². The molecule has 0 aliphatic rings. The van der Waals surface area contributed by atoms with Crippen molar-refractivity contribution in [1.82, 2.24) is 5.32 Å². The summed E-state index contributed by atoms with van der Waals surface area (Å²) in [5.74, 6) is -0.225. The summed E-state index contributed by atoms with van der Waals surface area (Å²) < 4.78 is 4.57. The minimum Gasteiger partial charge on any atom is -0.469 e. The van der Waals surface area contributed by atoms with Gasteiger partial charge in [0.25, 0.3) is 5.91 Å². The van der Waals surface area contributed by atoms with E-state index in [1.807, 2.05) is 12.1 Å². The van der Waals surface area contributed by atoms with Crippen LogP contribution in [-0.2, 0) is 16.1 Å². The van der Waals surface area contributed by atoms with Crippen LogP contribution in [0, 0.1) is 0 Å². The maximum atomic E-state index is 11.9. The summed E-state index contributed by atoms with van der Waals surface area (Å²) in [4.78, 5) is 22.8. The number of hydrogen-bond donors (Lipinski definition) is 2. The molecule has 124 valence electrons. The number of benzene rings is 1. The number of carbonyl (C=O) groups is 2. The summed E-state index contributed by atoms with van der Waals surface area (Å²) in [7, 11) is 1.40. The number of esters is 1. The van der Waals surface area contributed by atoms with Crippen molar-refractivity contribution in [2.24, 2.45) is 5.73 Å². The van der Waals surface area contributed by atoms with E-state index in [0.29, 0.717) is 25.1 Å². The maximum Gasteiger partial charge on any atom is 0.305 e. The Hall–Kier alpha value is -1.59. The lowest BCUT2D eigenvalue weighted by Crippen LogP contribution is -2.24. The first kappa shape index (κ1) is 20.4. The second-order valence-corrected chi connectivity index (χ2v) is 4.90. The van der Waals surface area contributed by atoms with Gasteiger partial charge < -0.3 is 15.8 Å². The molecular weight excluding hydrogens is 304 g/mol. The van der Waals surface area contributed by atoms with Crippen LogP contribution in [0.15, 0.2) is 24.3 Å². The highest BCUT2D eigenvalue weighted by molar-refractivity contribution is 5.94. The molecule has 0 unspecified atom stereocenters. The fourth-order valence-electron chi connectivity index (χ4n) is 1.95. The smallest absolute Gasteiger partial charge is 0.305 e. The number of carbonyl (C=O) groups excluding carboxylic acids is 2. The van der Waals surface area contributed by atoms with E-state index in [0.717, 1.165) is 31.2 Å². The zero-order chi connectivity index (χ0) is 15.5. The molecule has 1 aromatic carbocycles. The van der Waals surface area contributed by atoms with Gasteiger partial charge in [-0.15, -0.1) is 12.4 Å². The Morgan fingerprint density at radius 1 is 1.09 bits per heavy atom. The van der Waals surface area contributed by atoms with E-state index in [1.165, 1.54) is 7.11 Å². The van der Waals surface area contributed by atoms with Crippen LogP contribution in [0.3, 0.4) is 0 Å². The van der Waals surface area contributed by atoms with Crippen molar-refractivity contribution in [2.75, 3.05) is 13.7 Å². The molecule has 5 nitrogen and oxygen atoms in total. The van der Waals surface area contributed by atoms with Crippen molar-refractivity contribution in [2.45, 2.75) is 38.6 Å². The Morgan fingerprint density at radius 2 is 1.73 bits per heavy atom. The molecular formula is C16H25ClN2O3. The van der Waals surface area contributed by atoms with Crippen LogP contribution in [0.4, 0.5) is 0 Å². The Bertz CT molecular complexity index is 449. The Kier molecular flexibility index (Phi) is 11.1. The lowest BCUT2D eigenvalue weighted by Gasteiger charge is -2.06. The minimum absolute atomic E-state index is 0. The summed E-state index contributed by atoms with van der Waals surface area (Å²) in [5.41, 5.74) is 7.17. The van der Waals surface area contributed by atoms with Gasteiger partial charge in [0.15, 0.2) is 0 Å². The van der Waals surface area contributed by atoms with Gasteiger partial charge in [-0.1, -0.05) is 25.0 Å². The third kappa shape index (κ3) is 8.00. The van der Waals surface area contributed by atoms with Crippen molar-refractivity contribution in [3.8, 4) is 0 Å². The number of unbranched alkanes of at least 4 members (excludes halogenated alkanes) is 3. The number of ether oxygens (including phenoxy) is 1. The average molecular weight is 329 g/mol. The predicted molar refractivity (Wildman–Crippen MR) is 89.0 cm³/mol. The summed E-state index contributed by atoms with van der Waals surface area (Å²) in [6, 6.07) is 7.30. The first-order valence-corrected chi connectivity index (χ1v) is 7.31. The van der Waals surface area contributed by atoms with Crippen molar-refractivity contribution >= 4 is 24.3 Å². The number of amides is 1. The lowest BCUT2D eigenvalue weighted by atomic mass is 10.1. The maximum absolute atomic E-state index is 11.9. The van der Waals surface area contributed by atoms with Gasteiger partial charge in [-0.25, -0.2) is 0 Å². The van der Waals surface area contributed by atoms with Crippen LogP contribution in [-0.4, -0.2) is 25.5 Å². The molecule has 0 bridgehead atoms. The Morgan fingerprint density at radius 3 is 2.32 bits per heavy atom. The summed E-state index contributed by atoms with van der Waals surface area (Å²) >= 11 is 0. The molecule has 6 heteroatoms. The monoisotopic (exact) mass is 328 g/mol. The van der Waals surface area contributed by atoms with Crippen LogP contribution in [0.5, 0.6) is 0 Å². The Labute approximate surface area is 138 Å². The fraction of sp³-hybridized carbons (Fsp3) is 0.500. The topological polar surface area (TPSA) is 81.4 Å². The summed E-state index contributed by atoms with van der Waals surface area (Å²) in [5, 5.41) is 2.89. The molecule has 3 N–H and O–H groups in total. The number of nitrogens with one attached hydrogen (secondary N) is 1. The summed E-state index contributed by atoms with van der Waals surface area (Å²) in [6.45, 7) is 1.13. The summed E-state index contributed by atoms with van der Waals surface area (Å²) in [6.07, 6.45) is 4.17.